The largest absolute Gasteiger partial charge is 0.462 e. The second-order valence-corrected chi connectivity index (χ2v) is 24.1. The number of hydrogen-bond acceptors (Lipinski definition) is 6. The maximum absolute atomic E-state index is 12.9. The van der Waals surface area contributed by atoms with E-state index in [1.165, 1.54) is 238 Å². The van der Waals surface area contributed by atoms with Crippen molar-refractivity contribution in [2.75, 3.05) is 13.2 Å². The van der Waals surface area contributed by atoms with E-state index in [4.69, 9.17) is 14.2 Å². The molecule has 0 fully saturated rings. The molecule has 0 N–H and O–H groups in total. The molecular weight excluding hydrogens is 1010 g/mol. The Balaban J connectivity index is 4.15. The molecule has 1 atom stereocenters. The Kier molecular flexibility index (Phi) is 67.6. The SMILES string of the molecule is CC/C=C\C/C=C\C/C=C\C/C=C\C/C=C\CCCCCCCCCCCCCCCCCCCC(=O)OCC(COC(=O)CCCCCCC/C=C\CCCCCC)OC(=O)CCCCCCCCCCCCCCCCCCCC. The summed E-state index contributed by atoms with van der Waals surface area (Å²) < 4.78 is 17.0. The number of ether oxygens (including phenoxy) is 3. The number of esters is 3. The molecule has 0 aromatic carbocycles. The van der Waals surface area contributed by atoms with E-state index < -0.39 is 6.10 Å². The molecule has 0 aliphatic rings. The van der Waals surface area contributed by atoms with E-state index in [0.29, 0.717) is 19.3 Å². The molecule has 6 heteroatoms. The van der Waals surface area contributed by atoms with E-state index in [9.17, 15) is 14.4 Å². The Hall–Kier alpha value is -3.15. The standard InChI is InChI=1S/C76H136O6/c1-4-7-10-13-16-19-22-25-27-29-31-32-33-34-35-36-37-38-39-40-41-42-43-44-45-47-48-51-54-57-60-63-66-69-75(78)81-72-73(71-80-74(77)68-65-62-59-56-53-50-24-21-18-15-12-9-6-3)82-76(79)70-67-64-61-58-55-52-49-46-30-28-26-23-20-17-14-11-8-5-2/h7,10,16,19,21,24-25,27,31-32,34-35,73H,4-6,8-9,11-15,17-18,20,22-23,26,28-30,33,36-72H2,1-3H3/b10-7-,19-16-,24-21-,27-25-,32-31-,35-34-. The van der Waals surface area contributed by atoms with Gasteiger partial charge in [0.25, 0.3) is 0 Å². The van der Waals surface area contributed by atoms with Crippen LogP contribution in [0.3, 0.4) is 0 Å². The fourth-order valence-electron chi connectivity index (χ4n) is 10.6. The van der Waals surface area contributed by atoms with Crippen LogP contribution in [0.5, 0.6) is 0 Å². The van der Waals surface area contributed by atoms with Gasteiger partial charge in [-0.1, -0.05) is 338 Å². The molecule has 0 amide bonds. The molecule has 0 aromatic rings. The van der Waals surface area contributed by atoms with Crippen LogP contribution in [0.4, 0.5) is 0 Å². The van der Waals surface area contributed by atoms with Crippen LogP contribution >= 0.6 is 0 Å². The van der Waals surface area contributed by atoms with Gasteiger partial charge in [0.2, 0.25) is 0 Å². The fourth-order valence-corrected chi connectivity index (χ4v) is 10.6. The predicted molar refractivity (Wildman–Crippen MR) is 358 cm³/mol. The van der Waals surface area contributed by atoms with Crippen LogP contribution < -0.4 is 0 Å². The molecule has 0 aromatic heterocycles. The van der Waals surface area contributed by atoms with Gasteiger partial charge < -0.3 is 14.2 Å². The van der Waals surface area contributed by atoms with E-state index in [1.807, 2.05) is 0 Å². The maximum atomic E-state index is 12.9. The zero-order chi connectivity index (χ0) is 59.2. The first-order valence-electron chi connectivity index (χ1n) is 35.9. The third-order valence-electron chi connectivity index (χ3n) is 15.9. The average Bonchev–Trinajstić information content (AvgIpc) is 3.47. The number of hydrogen-bond donors (Lipinski definition) is 0. The van der Waals surface area contributed by atoms with Crippen LogP contribution in [0.25, 0.3) is 0 Å². The van der Waals surface area contributed by atoms with Gasteiger partial charge in [0.05, 0.1) is 0 Å². The van der Waals surface area contributed by atoms with Crippen molar-refractivity contribution in [2.24, 2.45) is 0 Å². The van der Waals surface area contributed by atoms with Crippen molar-refractivity contribution in [3.05, 3.63) is 72.9 Å². The third kappa shape index (κ3) is 67.6. The first-order valence-corrected chi connectivity index (χ1v) is 35.9. The Morgan fingerprint density at radius 3 is 0.768 bits per heavy atom. The molecule has 0 saturated heterocycles. The van der Waals surface area contributed by atoms with Crippen molar-refractivity contribution in [1.82, 2.24) is 0 Å². The molecule has 476 valence electrons. The van der Waals surface area contributed by atoms with Crippen LogP contribution in [-0.2, 0) is 28.6 Å². The molecule has 0 heterocycles. The minimum absolute atomic E-state index is 0.0718. The summed E-state index contributed by atoms with van der Waals surface area (Å²) in [6.07, 6.45) is 92.2. The van der Waals surface area contributed by atoms with Crippen molar-refractivity contribution < 1.29 is 28.6 Å². The van der Waals surface area contributed by atoms with Gasteiger partial charge in [-0.15, -0.1) is 0 Å². The van der Waals surface area contributed by atoms with Gasteiger partial charge in [0.15, 0.2) is 6.10 Å². The summed E-state index contributed by atoms with van der Waals surface area (Å²) in [5.74, 6) is -0.856. The zero-order valence-electron chi connectivity index (χ0n) is 54.8. The zero-order valence-corrected chi connectivity index (χ0v) is 54.8. The van der Waals surface area contributed by atoms with Crippen molar-refractivity contribution in [2.45, 2.75) is 380 Å². The summed E-state index contributed by atoms with van der Waals surface area (Å²) in [7, 11) is 0. The summed E-state index contributed by atoms with van der Waals surface area (Å²) in [5, 5.41) is 0. The van der Waals surface area contributed by atoms with E-state index in [1.54, 1.807) is 0 Å². The Morgan fingerprint density at radius 2 is 0.476 bits per heavy atom. The van der Waals surface area contributed by atoms with Crippen LogP contribution in [0, 0.1) is 0 Å². The molecule has 0 spiro atoms. The number of unbranched alkanes of at least 4 members (excludes halogenated alkanes) is 43. The van der Waals surface area contributed by atoms with Crippen molar-refractivity contribution >= 4 is 17.9 Å². The lowest BCUT2D eigenvalue weighted by Gasteiger charge is -2.18. The molecule has 6 nitrogen and oxygen atoms in total. The third-order valence-corrected chi connectivity index (χ3v) is 15.9. The van der Waals surface area contributed by atoms with Gasteiger partial charge in [0.1, 0.15) is 13.2 Å². The molecule has 82 heavy (non-hydrogen) atoms. The van der Waals surface area contributed by atoms with Gasteiger partial charge in [0, 0.05) is 19.3 Å². The van der Waals surface area contributed by atoms with E-state index in [-0.39, 0.29) is 31.1 Å². The average molecular weight is 1150 g/mol. The van der Waals surface area contributed by atoms with Crippen molar-refractivity contribution in [1.29, 1.82) is 0 Å². The summed E-state index contributed by atoms with van der Waals surface area (Å²) in [6, 6.07) is 0. The molecule has 0 saturated carbocycles. The van der Waals surface area contributed by atoms with Crippen molar-refractivity contribution in [3.8, 4) is 0 Å². The van der Waals surface area contributed by atoms with Gasteiger partial charge in [-0.25, -0.2) is 0 Å². The van der Waals surface area contributed by atoms with Crippen LogP contribution in [-0.4, -0.2) is 37.2 Å². The lowest BCUT2D eigenvalue weighted by Crippen LogP contribution is -2.30. The molecule has 0 bridgehead atoms. The van der Waals surface area contributed by atoms with Gasteiger partial charge in [-0.2, -0.15) is 0 Å². The lowest BCUT2D eigenvalue weighted by molar-refractivity contribution is -0.167. The summed E-state index contributed by atoms with van der Waals surface area (Å²) in [4.78, 5) is 38.4. The summed E-state index contributed by atoms with van der Waals surface area (Å²) >= 11 is 0. The van der Waals surface area contributed by atoms with Gasteiger partial charge in [-0.05, 0) is 89.9 Å². The minimum atomic E-state index is -0.775. The normalized spacial score (nSPS) is 12.5. The molecule has 0 rings (SSSR count). The van der Waals surface area contributed by atoms with Crippen LogP contribution in [0.1, 0.15) is 374 Å². The summed E-state index contributed by atoms with van der Waals surface area (Å²) in [6.45, 7) is 6.56. The van der Waals surface area contributed by atoms with Gasteiger partial charge in [-0.3, -0.25) is 14.4 Å². The highest BCUT2D eigenvalue weighted by atomic mass is 16.6. The molecule has 1 unspecified atom stereocenters. The van der Waals surface area contributed by atoms with Gasteiger partial charge >= 0.3 is 17.9 Å². The first kappa shape index (κ1) is 78.8. The van der Waals surface area contributed by atoms with Crippen molar-refractivity contribution in [3.63, 3.8) is 0 Å². The number of allylic oxidation sites excluding steroid dienone is 12. The monoisotopic (exact) mass is 1150 g/mol. The topological polar surface area (TPSA) is 78.9 Å². The Labute approximate surface area is 510 Å². The van der Waals surface area contributed by atoms with Crippen LogP contribution in [0.2, 0.25) is 0 Å². The number of rotatable bonds is 66. The molecular formula is C76H136O6. The maximum Gasteiger partial charge on any atom is 0.306 e. The smallest absolute Gasteiger partial charge is 0.306 e. The molecule has 0 radical (unpaired) electrons. The highest BCUT2D eigenvalue weighted by molar-refractivity contribution is 5.71. The van der Waals surface area contributed by atoms with E-state index >= 15 is 0 Å². The van der Waals surface area contributed by atoms with E-state index in [0.717, 1.165) is 96.3 Å². The first-order chi connectivity index (χ1) is 40.5. The minimum Gasteiger partial charge on any atom is -0.462 e. The highest BCUT2D eigenvalue weighted by Crippen LogP contribution is 2.18. The quantitative estimate of drug-likeness (QED) is 0.0261. The lowest BCUT2D eigenvalue weighted by atomic mass is 10.0. The fraction of sp³-hybridized carbons (Fsp3) is 0.803. The van der Waals surface area contributed by atoms with E-state index in [2.05, 4.69) is 93.7 Å². The van der Waals surface area contributed by atoms with Crippen LogP contribution in [0.15, 0.2) is 72.9 Å². The predicted octanol–water partition coefficient (Wildman–Crippen LogP) is 24.8. The number of carbonyl (C=O) groups is 3. The highest BCUT2D eigenvalue weighted by Gasteiger charge is 2.19. The number of carbonyl (C=O) groups excluding carboxylic acids is 3. The Morgan fingerprint density at radius 1 is 0.256 bits per heavy atom. The second kappa shape index (κ2) is 70.3. The Bertz CT molecular complexity index is 1500. The summed E-state index contributed by atoms with van der Waals surface area (Å²) in [5.41, 5.74) is 0. The molecule has 0 aliphatic heterocycles. The second-order valence-electron chi connectivity index (χ2n) is 24.1. The molecule has 0 aliphatic carbocycles.